The SMILES string of the molecule is C/C(=C\c1cc(Br)ccc1O)CC[C@H]1OB(O)C[C@H]2C1=C(CO)C[C@H]1C(=O)N(c3ccc(Nc4ccccc4)cc3)C(=O)[C@H]12. The number of allylic oxidation sites excluding steroid dienone is 1. The van der Waals surface area contributed by atoms with Crippen molar-refractivity contribution in [3.05, 3.63) is 99.6 Å². The Kier molecular flexibility index (Phi) is 8.78. The highest BCUT2D eigenvalue weighted by molar-refractivity contribution is 9.10. The minimum Gasteiger partial charge on any atom is -0.507 e. The minimum atomic E-state index is -1.09. The molecule has 2 saturated heterocycles. The van der Waals surface area contributed by atoms with Gasteiger partial charge in [0.05, 0.1) is 30.2 Å². The topological polar surface area (TPSA) is 119 Å². The highest BCUT2D eigenvalue weighted by atomic mass is 79.9. The van der Waals surface area contributed by atoms with Crippen LogP contribution in [-0.4, -0.2) is 46.9 Å². The third-order valence-electron chi connectivity index (χ3n) is 8.88. The predicted octanol–water partition coefficient (Wildman–Crippen LogP) is 6.08. The predicted molar refractivity (Wildman–Crippen MR) is 174 cm³/mol. The number of amides is 2. The van der Waals surface area contributed by atoms with Crippen molar-refractivity contribution < 1.29 is 29.5 Å². The van der Waals surface area contributed by atoms with Crippen molar-refractivity contribution >= 4 is 58.0 Å². The molecule has 3 aromatic carbocycles. The van der Waals surface area contributed by atoms with Crippen LogP contribution in [0.5, 0.6) is 5.75 Å². The van der Waals surface area contributed by atoms with Crippen LogP contribution in [0.2, 0.25) is 6.32 Å². The zero-order valence-corrected chi connectivity index (χ0v) is 25.9. The molecular weight excluding hydrogens is 623 g/mol. The van der Waals surface area contributed by atoms with Crippen molar-refractivity contribution in [1.29, 1.82) is 0 Å². The Labute approximate surface area is 265 Å². The molecular formula is C34H34BBrN2O6. The van der Waals surface area contributed by atoms with Crippen LogP contribution < -0.4 is 10.2 Å². The molecule has 226 valence electrons. The van der Waals surface area contributed by atoms with Gasteiger partial charge in [0.25, 0.3) is 0 Å². The number of carbonyl (C=O) groups excluding carboxylic acids is 2. The number of fused-ring (bicyclic) bond motifs is 3. The van der Waals surface area contributed by atoms with E-state index in [1.165, 1.54) is 4.90 Å². The van der Waals surface area contributed by atoms with Crippen molar-refractivity contribution in [2.75, 3.05) is 16.8 Å². The van der Waals surface area contributed by atoms with E-state index >= 15 is 0 Å². The van der Waals surface area contributed by atoms with Gasteiger partial charge in [-0.15, -0.1) is 0 Å². The quantitative estimate of drug-likeness (QED) is 0.132. The van der Waals surface area contributed by atoms with E-state index in [0.717, 1.165) is 27.0 Å². The maximum Gasteiger partial charge on any atom is 0.455 e. The van der Waals surface area contributed by atoms with Crippen LogP contribution in [-0.2, 0) is 14.2 Å². The van der Waals surface area contributed by atoms with Crippen molar-refractivity contribution in [1.82, 2.24) is 0 Å². The van der Waals surface area contributed by atoms with E-state index in [2.05, 4.69) is 21.2 Å². The molecule has 2 aliphatic heterocycles. The molecule has 0 unspecified atom stereocenters. The van der Waals surface area contributed by atoms with E-state index in [-0.39, 0.29) is 36.9 Å². The number of aliphatic hydroxyl groups excluding tert-OH is 1. The Balaban J connectivity index is 1.22. The fourth-order valence-electron chi connectivity index (χ4n) is 6.88. The Morgan fingerprint density at radius 1 is 1.05 bits per heavy atom. The van der Waals surface area contributed by atoms with Gasteiger partial charge in [0.15, 0.2) is 0 Å². The third kappa shape index (κ3) is 5.99. The first kappa shape index (κ1) is 30.3. The van der Waals surface area contributed by atoms with Crippen LogP contribution in [0.15, 0.2) is 94.0 Å². The summed E-state index contributed by atoms with van der Waals surface area (Å²) < 4.78 is 6.86. The van der Waals surface area contributed by atoms with Crippen LogP contribution in [0.25, 0.3) is 6.08 Å². The summed E-state index contributed by atoms with van der Waals surface area (Å²) in [6.45, 7) is 1.72. The number of benzene rings is 3. The summed E-state index contributed by atoms with van der Waals surface area (Å²) in [5.74, 6) is -2.03. The monoisotopic (exact) mass is 656 g/mol. The molecule has 44 heavy (non-hydrogen) atoms. The molecule has 0 saturated carbocycles. The van der Waals surface area contributed by atoms with Crippen molar-refractivity contribution in [2.24, 2.45) is 17.8 Å². The molecule has 0 spiro atoms. The van der Waals surface area contributed by atoms with Gasteiger partial charge in [0, 0.05) is 21.4 Å². The number of aliphatic hydroxyl groups is 1. The van der Waals surface area contributed by atoms with Gasteiger partial charge in [-0.3, -0.25) is 14.5 Å². The number of rotatable bonds is 8. The number of hydrogen-bond acceptors (Lipinski definition) is 7. The smallest absolute Gasteiger partial charge is 0.455 e. The van der Waals surface area contributed by atoms with E-state index < -0.39 is 31.0 Å². The molecule has 6 rings (SSSR count). The summed E-state index contributed by atoms with van der Waals surface area (Å²) >= 11 is 3.44. The zero-order valence-electron chi connectivity index (χ0n) is 24.3. The highest BCUT2D eigenvalue weighted by Crippen LogP contribution is 2.51. The first-order valence-corrected chi connectivity index (χ1v) is 15.6. The van der Waals surface area contributed by atoms with E-state index in [1.54, 1.807) is 24.3 Å². The molecule has 2 amide bonds. The molecule has 4 N–H and O–H groups in total. The summed E-state index contributed by atoms with van der Waals surface area (Å²) in [7, 11) is -1.09. The highest BCUT2D eigenvalue weighted by Gasteiger charge is 2.57. The largest absolute Gasteiger partial charge is 0.507 e. The lowest BCUT2D eigenvalue weighted by atomic mass is 9.58. The molecule has 0 aromatic heterocycles. The Morgan fingerprint density at radius 3 is 2.50 bits per heavy atom. The summed E-state index contributed by atoms with van der Waals surface area (Å²) in [4.78, 5) is 29.0. The zero-order chi connectivity index (χ0) is 31.0. The lowest BCUT2D eigenvalue weighted by Gasteiger charge is -2.42. The number of imide groups is 1. The lowest BCUT2D eigenvalue weighted by Crippen LogP contribution is -2.46. The number of halogens is 1. The number of carbonyl (C=O) groups is 2. The van der Waals surface area contributed by atoms with Gasteiger partial charge >= 0.3 is 7.12 Å². The molecule has 2 heterocycles. The van der Waals surface area contributed by atoms with Crippen molar-refractivity contribution in [3.8, 4) is 5.75 Å². The van der Waals surface area contributed by atoms with E-state index in [4.69, 9.17) is 4.65 Å². The average Bonchev–Trinajstić information content (AvgIpc) is 3.27. The Morgan fingerprint density at radius 2 is 1.77 bits per heavy atom. The summed E-state index contributed by atoms with van der Waals surface area (Å²) in [6, 6.07) is 22.2. The molecule has 3 aliphatic rings. The molecule has 2 fully saturated rings. The number of para-hydroxylation sites is 1. The average molecular weight is 657 g/mol. The number of nitrogens with zero attached hydrogens (tertiary/aromatic N) is 1. The first-order chi connectivity index (χ1) is 21.2. The molecule has 8 nitrogen and oxygen atoms in total. The molecule has 3 aromatic rings. The van der Waals surface area contributed by atoms with Crippen LogP contribution in [0.4, 0.5) is 17.1 Å². The lowest BCUT2D eigenvalue weighted by molar-refractivity contribution is -0.122. The van der Waals surface area contributed by atoms with Gasteiger partial charge in [-0.25, -0.2) is 0 Å². The number of phenolic OH excluding ortho intramolecular Hbond substituents is 1. The maximum atomic E-state index is 14.0. The fraction of sp³-hybridized carbons (Fsp3) is 0.294. The maximum absolute atomic E-state index is 14.0. The number of nitrogens with one attached hydrogen (secondary N) is 1. The van der Waals surface area contributed by atoms with Crippen molar-refractivity contribution in [2.45, 2.75) is 38.6 Å². The second kappa shape index (κ2) is 12.7. The summed E-state index contributed by atoms with van der Waals surface area (Å²) in [6.07, 6.45) is 2.98. The second-order valence-electron chi connectivity index (χ2n) is 11.8. The van der Waals surface area contributed by atoms with Crippen molar-refractivity contribution in [3.63, 3.8) is 0 Å². The van der Waals surface area contributed by atoms with Crippen LogP contribution >= 0.6 is 15.9 Å². The summed E-state index contributed by atoms with van der Waals surface area (Å²) in [5.41, 5.74) is 5.50. The van der Waals surface area contributed by atoms with Gasteiger partial charge < -0.3 is 25.2 Å². The normalized spacial score (nSPS) is 23.6. The second-order valence-corrected chi connectivity index (χ2v) is 12.7. The molecule has 4 atom stereocenters. The van der Waals surface area contributed by atoms with Gasteiger partial charge in [-0.1, -0.05) is 45.8 Å². The fourth-order valence-corrected chi connectivity index (χ4v) is 7.26. The standard InChI is InChI=1S/C34H34BBrN2O6/c1-20(15-21-16-23(36)8-13-29(21)40)7-14-30-31-22(19-39)17-27-32(28(31)18-35(43)44-30)34(42)38(33(27)41)26-11-9-25(10-12-26)37-24-5-3-2-4-6-24/h2-6,8-13,15-16,27-28,30,32,37,39-40,43H,7,14,17-19H2,1H3/b20-15+/t27-,28+,30-,32-/m1/s1. The van der Waals surface area contributed by atoms with Gasteiger partial charge in [-0.05, 0) is 104 Å². The Hall–Kier alpha value is -3.70. The van der Waals surface area contributed by atoms with Gasteiger partial charge in [-0.2, -0.15) is 0 Å². The van der Waals surface area contributed by atoms with Crippen LogP contribution in [0, 0.1) is 17.8 Å². The molecule has 10 heteroatoms. The van der Waals surface area contributed by atoms with E-state index in [0.29, 0.717) is 29.7 Å². The molecule has 0 radical (unpaired) electrons. The number of anilines is 3. The number of aromatic hydroxyl groups is 1. The summed E-state index contributed by atoms with van der Waals surface area (Å²) in [5, 5.41) is 34.7. The first-order valence-electron chi connectivity index (χ1n) is 14.8. The van der Waals surface area contributed by atoms with Crippen LogP contribution in [0.1, 0.15) is 31.7 Å². The third-order valence-corrected chi connectivity index (χ3v) is 9.37. The molecule has 1 aliphatic carbocycles. The van der Waals surface area contributed by atoms with Gasteiger partial charge in [0.2, 0.25) is 11.8 Å². The minimum absolute atomic E-state index is 0.177. The van der Waals surface area contributed by atoms with Crippen LogP contribution in [0.3, 0.4) is 0 Å². The van der Waals surface area contributed by atoms with E-state index in [9.17, 15) is 24.8 Å². The Bertz CT molecular complexity index is 1630. The molecule has 0 bridgehead atoms. The van der Waals surface area contributed by atoms with E-state index in [1.807, 2.05) is 61.5 Å². The number of hydrogen-bond donors (Lipinski definition) is 4. The van der Waals surface area contributed by atoms with Gasteiger partial charge in [0.1, 0.15) is 5.75 Å². The number of phenols is 1.